The number of carbonyl (C=O) groups is 2. The molecule has 0 aliphatic carbocycles. The Morgan fingerprint density at radius 1 is 1.00 bits per heavy atom. The zero-order valence-corrected chi connectivity index (χ0v) is 10.1. The van der Waals surface area contributed by atoms with Gasteiger partial charge in [-0.15, -0.1) is 0 Å². The number of rotatable bonds is 3. The van der Waals surface area contributed by atoms with E-state index in [1.54, 1.807) is 24.3 Å². The van der Waals surface area contributed by atoms with E-state index in [-0.39, 0.29) is 11.3 Å². The zero-order valence-electron chi connectivity index (χ0n) is 10.1. The lowest BCUT2D eigenvalue weighted by atomic mass is 10.00. The van der Waals surface area contributed by atoms with Gasteiger partial charge in [-0.05, 0) is 42.3 Å². The van der Waals surface area contributed by atoms with Crippen LogP contribution in [0, 0.1) is 5.82 Å². The van der Waals surface area contributed by atoms with E-state index in [2.05, 4.69) is 0 Å². The van der Waals surface area contributed by atoms with Crippen LogP contribution in [0.2, 0.25) is 0 Å². The van der Waals surface area contributed by atoms with Crippen LogP contribution in [0.3, 0.4) is 0 Å². The molecular weight excluding hydrogens is 247 g/mol. The molecule has 0 unspecified atom stereocenters. The maximum absolute atomic E-state index is 13.4. The summed E-state index contributed by atoms with van der Waals surface area (Å²) in [4.78, 5) is 22.1. The minimum absolute atomic E-state index is 0.113. The molecule has 0 spiro atoms. The highest BCUT2D eigenvalue weighted by Crippen LogP contribution is 2.23. The summed E-state index contributed by atoms with van der Waals surface area (Å²) in [6, 6.07) is 10.0. The Hall–Kier alpha value is -2.49. The molecule has 0 fully saturated rings. The van der Waals surface area contributed by atoms with Crippen molar-refractivity contribution in [3.05, 3.63) is 59.4 Å². The molecule has 0 bridgehead atoms. The van der Waals surface area contributed by atoms with Crippen LogP contribution in [0.4, 0.5) is 4.39 Å². The van der Waals surface area contributed by atoms with E-state index < -0.39 is 11.8 Å². The van der Waals surface area contributed by atoms with Crippen LogP contribution in [0.15, 0.2) is 42.5 Å². The number of ketones is 1. The van der Waals surface area contributed by atoms with Crippen molar-refractivity contribution >= 4 is 11.8 Å². The van der Waals surface area contributed by atoms with E-state index in [4.69, 9.17) is 0 Å². The highest BCUT2D eigenvalue weighted by molar-refractivity contribution is 5.95. The lowest BCUT2D eigenvalue weighted by Crippen LogP contribution is -2.22. The van der Waals surface area contributed by atoms with Crippen LogP contribution < -0.4 is 5.11 Å². The first-order chi connectivity index (χ1) is 8.97. The van der Waals surface area contributed by atoms with Gasteiger partial charge in [0.05, 0.1) is 5.97 Å². The normalized spacial score (nSPS) is 10.2. The third-order valence-electron chi connectivity index (χ3n) is 2.74. The van der Waals surface area contributed by atoms with Crippen LogP contribution in [-0.2, 0) is 0 Å². The molecule has 96 valence electrons. The summed E-state index contributed by atoms with van der Waals surface area (Å²) < 4.78 is 13.4. The fourth-order valence-corrected chi connectivity index (χ4v) is 1.79. The smallest absolute Gasteiger partial charge is 0.159 e. The van der Waals surface area contributed by atoms with Gasteiger partial charge in [-0.1, -0.05) is 18.2 Å². The molecule has 0 amide bonds. The summed E-state index contributed by atoms with van der Waals surface area (Å²) >= 11 is 0. The van der Waals surface area contributed by atoms with E-state index in [0.29, 0.717) is 16.7 Å². The quantitative estimate of drug-likeness (QED) is 0.791. The molecule has 2 aromatic rings. The molecule has 0 N–H and O–H groups in total. The third-order valence-corrected chi connectivity index (χ3v) is 2.74. The van der Waals surface area contributed by atoms with Crippen molar-refractivity contribution in [2.75, 3.05) is 0 Å². The monoisotopic (exact) mass is 257 g/mol. The molecule has 0 atom stereocenters. The summed E-state index contributed by atoms with van der Waals surface area (Å²) in [5.74, 6) is -2.22. The van der Waals surface area contributed by atoms with Gasteiger partial charge in [0.2, 0.25) is 0 Å². The third kappa shape index (κ3) is 2.85. The van der Waals surface area contributed by atoms with Gasteiger partial charge in [-0.2, -0.15) is 0 Å². The summed E-state index contributed by atoms with van der Waals surface area (Å²) in [6.45, 7) is 1.43. The maximum atomic E-state index is 13.4. The number of carboxylic acids is 1. The Labute approximate surface area is 109 Å². The first kappa shape index (κ1) is 13.0. The molecule has 0 aliphatic rings. The predicted molar refractivity (Wildman–Crippen MR) is 66.2 cm³/mol. The number of Topliss-reactive ketones (excluding diaryl/α,β-unsaturated/α-hetero) is 1. The Morgan fingerprint density at radius 3 is 2.32 bits per heavy atom. The molecular formula is C15H10FO3-. The van der Waals surface area contributed by atoms with Gasteiger partial charge in [0.1, 0.15) is 5.82 Å². The first-order valence-electron chi connectivity index (χ1n) is 5.60. The van der Waals surface area contributed by atoms with E-state index in [1.807, 2.05) is 0 Å². The largest absolute Gasteiger partial charge is 0.545 e. The van der Waals surface area contributed by atoms with Gasteiger partial charge in [-0.25, -0.2) is 4.39 Å². The Kier molecular flexibility index (Phi) is 3.42. The van der Waals surface area contributed by atoms with Crippen molar-refractivity contribution in [3.8, 4) is 11.1 Å². The minimum Gasteiger partial charge on any atom is -0.545 e. The topological polar surface area (TPSA) is 57.2 Å². The number of benzene rings is 2. The number of hydrogen-bond acceptors (Lipinski definition) is 3. The lowest BCUT2D eigenvalue weighted by molar-refractivity contribution is -0.255. The molecule has 0 radical (unpaired) electrons. The van der Waals surface area contributed by atoms with Crippen LogP contribution >= 0.6 is 0 Å². The molecule has 0 saturated heterocycles. The number of carboxylic acid groups (broad SMARTS) is 1. The van der Waals surface area contributed by atoms with Crippen molar-refractivity contribution in [2.45, 2.75) is 6.92 Å². The van der Waals surface area contributed by atoms with Gasteiger partial charge in [0, 0.05) is 11.1 Å². The second-order valence-electron chi connectivity index (χ2n) is 4.15. The molecule has 0 heterocycles. The standard InChI is InChI=1S/C15H11FO3/c1-9(17)10-3-2-4-11(5-10)12-6-13(15(18)19)8-14(16)7-12/h2-8H,1H3,(H,18,19)/p-1. The predicted octanol–water partition coefficient (Wildman–Crippen LogP) is 2.06. The Morgan fingerprint density at radius 2 is 1.68 bits per heavy atom. The van der Waals surface area contributed by atoms with Crippen molar-refractivity contribution in [1.82, 2.24) is 0 Å². The van der Waals surface area contributed by atoms with E-state index in [9.17, 15) is 19.1 Å². The van der Waals surface area contributed by atoms with Crippen LogP contribution in [-0.4, -0.2) is 11.8 Å². The maximum Gasteiger partial charge on any atom is 0.159 e. The molecule has 0 aromatic heterocycles. The average Bonchev–Trinajstić information content (AvgIpc) is 2.38. The van der Waals surface area contributed by atoms with Crippen molar-refractivity contribution in [1.29, 1.82) is 0 Å². The number of hydrogen-bond donors (Lipinski definition) is 0. The number of halogens is 1. The second-order valence-corrected chi connectivity index (χ2v) is 4.15. The Balaban J connectivity index is 2.55. The summed E-state index contributed by atoms with van der Waals surface area (Å²) in [6.07, 6.45) is 0. The van der Waals surface area contributed by atoms with Gasteiger partial charge in [0.25, 0.3) is 0 Å². The van der Waals surface area contributed by atoms with Crippen molar-refractivity contribution in [2.24, 2.45) is 0 Å². The average molecular weight is 257 g/mol. The molecule has 3 nitrogen and oxygen atoms in total. The number of aromatic carboxylic acids is 1. The lowest BCUT2D eigenvalue weighted by Gasteiger charge is -2.08. The fraction of sp³-hybridized carbons (Fsp3) is 0.0667. The van der Waals surface area contributed by atoms with Gasteiger partial charge in [0.15, 0.2) is 5.78 Å². The highest BCUT2D eigenvalue weighted by atomic mass is 19.1. The van der Waals surface area contributed by atoms with Gasteiger partial charge >= 0.3 is 0 Å². The molecule has 2 aromatic carbocycles. The fourth-order valence-electron chi connectivity index (χ4n) is 1.79. The minimum atomic E-state index is -1.44. The first-order valence-corrected chi connectivity index (χ1v) is 5.60. The van der Waals surface area contributed by atoms with Gasteiger partial charge < -0.3 is 9.90 Å². The van der Waals surface area contributed by atoms with Crippen LogP contribution in [0.25, 0.3) is 11.1 Å². The Bertz CT molecular complexity index is 662. The van der Waals surface area contributed by atoms with Crippen molar-refractivity contribution < 1.29 is 19.1 Å². The molecule has 0 saturated carbocycles. The number of carbonyl (C=O) groups excluding carboxylic acids is 2. The summed E-state index contributed by atoms with van der Waals surface area (Å²) in [7, 11) is 0. The summed E-state index contributed by atoms with van der Waals surface area (Å²) in [5.41, 5.74) is 1.22. The molecule has 4 heteroatoms. The zero-order chi connectivity index (χ0) is 14.0. The van der Waals surface area contributed by atoms with Gasteiger partial charge in [-0.3, -0.25) is 4.79 Å². The molecule has 0 aliphatic heterocycles. The summed E-state index contributed by atoms with van der Waals surface area (Å²) in [5, 5.41) is 10.8. The highest BCUT2D eigenvalue weighted by Gasteiger charge is 2.06. The van der Waals surface area contributed by atoms with Crippen molar-refractivity contribution in [3.63, 3.8) is 0 Å². The van der Waals surface area contributed by atoms with E-state index in [1.165, 1.54) is 19.1 Å². The van der Waals surface area contributed by atoms with Crippen LogP contribution in [0.5, 0.6) is 0 Å². The van der Waals surface area contributed by atoms with E-state index >= 15 is 0 Å². The van der Waals surface area contributed by atoms with Crippen LogP contribution in [0.1, 0.15) is 27.6 Å². The second kappa shape index (κ2) is 5.02. The molecule has 2 rings (SSSR count). The molecule has 19 heavy (non-hydrogen) atoms. The van der Waals surface area contributed by atoms with E-state index in [0.717, 1.165) is 6.07 Å². The SMILES string of the molecule is CC(=O)c1cccc(-c2cc(F)cc(C(=O)[O-])c2)c1.